The molecule has 1 aromatic rings. The van der Waals surface area contributed by atoms with Gasteiger partial charge in [-0.25, -0.2) is 4.98 Å². The van der Waals surface area contributed by atoms with Crippen molar-refractivity contribution >= 4 is 17.3 Å². The van der Waals surface area contributed by atoms with E-state index in [0.717, 1.165) is 18.5 Å². The van der Waals surface area contributed by atoms with Crippen LogP contribution in [0.15, 0.2) is 5.38 Å². The van der Waals surface area contributed by atoms with Gasteiger partial charge in [0.2, 0.25) is 0 Å². The molecule has 2 aliphatic carbocycles. The van der Waals surface area contributed by atoms with Gasteiger partial charge in [-0.15, -0.1) is 11.3 Å². The third-order valence-electron chi connectivity index (χ3n) is 3.88. The molecule has 3 nitrogen and oxygen atoms in total. The summed E-state index contributed by atoms with van der Waals surface area (Å²) >= 11 is 1.66. The van der Waals surface area contributed by atoms with Crippen molar-refractivity contribution in [2.45, 2.75) is 49.9 Å². The van der Waals surface area contributed by atoms with Gasteiger partial charge in [0.05, 0.1) is 10.7 Å². The molecule has 3 rings (SSSR count). The van der Waals surface area contributed by atoms with E-state index in [1.165, 1.54) is 30.7 Å². The van der Waals surface area contributed by atoms with Crippen LogP contribution >= 0.6 is 11.3 Å². The van der Waals surface area contributed by atoms with Crippen LogP contribution in [0.25, 0.3) is 0 Å². The number of carboxylic acid groups (broad SMARTS) is 1. The Labute approximate surface area is 98.5 Å². The molecule has 0 unspecified atom stereocenters. The standard InChI is InChI=1S/C12H15NO2S/c14-11(15)12(5-6-12)9-7-16-10(13-9)8-3-1-2-4-8/h7-8H,1-6H2,(H,14,15). The number of thiazole rings is 1. The Morgan fingerprint density at radius 3 is 2.69 bits per heavy atom. The Balaban J connectivity index is 1.85. The number of aromatic nitrogens is 1. The molecule has 1 aromatic heterocycles. The average molecular weight is 237 g/mol. The van der Waals surface area contributed by atoms with E-state index < -0.39 is 11.4 Å². The molecule has 86 valence electrons. The number of nitrogens with zero attached hydrogens (tertiary/aromatic N) is 1. The Kier molecular flexibility index (Phi) is 2.28. The molecule has 0 spiro atoms. The zero-order valence-electron chi connectivity index (χ0n) is 9.11. The zero-order valence-corrected chi connectivity index (χ0v) is 9.92. The molecule has 0 aromatic carbocycles. The van der Waals surface area contributed by atoms with Gasteiger partial charge in [0.15, 0.2) is 0 Å². The predicted molar refractivity (Wildman–Crippen MR) is 61.9 cm³/mol. The molecule has 16 heavy (non-hydrogen) atoms. The normalized spacial score (nSPS) is 23.5. The van der Waals surface area contributed by atoms with Crippen LogP contribution in [-0.2, 0) is 10.2 Å². The summed E-state index contributed by atoms with van der Waals surface area (Å²) in [5.41, 5.74) is 0.194. The van der Waals surface area contributed by atoms with Gasteiger partial charge in [0.25, 0.3) is 0 Å². The number of hydrogen-bond donors (Lipinski definition) is 1. The van der Waals surface area contributed by atoms with Gasteiger partial charge >= 0.3 is 5.97 Å². The van der Waals surface area contributed by atoms with E-state index in [9.17, 15) is 9.90 Å². The minimum Gasteiger partial charge on any atom is -0.481 e. The summed E-state index contributed by atoms with van der Waals surface area (Å²) in [6.45, 7) is 0. The molecule has 0 atom stereocenters. The Hall–Kier alpha value is -0.900. The fourth-order valence-corrected chi connectivity index (χ4v) is 3.66. The van der Waals surface area contributed by atoms with Gasteiger partial charge in [0.1, 0.15) is 5.41 Å². The van der Waals surface area contributed by atoms with E-state index in [4.69, 9.17) is 0 Å². The SMILES string of the molecule is O=C(O)C1(c2csc(C3CCCC3)n2)CC1. The topological polar surface area (TPSA) is 50.2 Å². The van der Waals surface area contributed by atoms with E-state index in [1.807, 2.05) is 5.38 Å². The molecule has 0 bridgehead atoms. The van der Waals surface area contributed by atoms with Crippen molar-refractivity contribution in [3.8, 4) is 0 Å². The van der Waals surface area contributed by atoms with Gasteiger partial charge in [-0.05, 0) is 25.7 Å². The lowest BCUT2D eigenvalue weighted by molar-refractivity contribution is -0.140. The number of aliphatic carboxylic acids is 1. The fraction of sp³-hybridized carbons (Fsp3) is 0.667. The first-order valence-corrected chi connectivity index (χ1v) is 6.80. The summed E-state index contributed by atoms with van der Waals surface area (Å²) in [4.78, 5) is 15.8. The Morgan fingerprint density at radius 2 is 2.12 bits per heavy atom. The molecule has 0 aliphatic heterocycles. The summed E-state index contributed by atoms with van der Waals surface area (Å²) < 4.78 is 0. The van der Waals surface area contributed by atoms with Gasteiger partial charge < -0.3 is 5.11 Å². The van der Waals surface area contributed by atoms with Crippen LogP contribution in [0.3, 0.4) is 0 Å². The van der Waals surface area contributed by atoms with Crippen LogP contribution in [0.4, 0.5) is 0 Å². The third-order valence-corrected chi connectivity index (χ3v) is 4.88. The Bertz CT molecular complexity index is 416. The van der Waals surface area contributed by atoms with Crippen LogP contribution in [0, 0.1) is 0 Å². The van der Waals surface area contributed by atoms with E-state index >= 15 is 0 Å². The highest BCUT2D eigenvalue weighted by Gasteiger charge is 2.53. The van der Waals surface area contributed by atoms with Crippen LogP contribution in [0.1, 0.15) is 55.1 Å². The second-order valence-electron chi connectivity index (χ2n) is 4.94. The van der Waals surface area contributed by atoms with Crippen LogP contribution in [0.5, 0.6) is 0 Å². The third kappa shape index (κ3) is 1.47. The van der Waals surface area contributed by atoms with E-state index in [1.54, 1.807) is 11.3 Å². The lowest BCUT2D eigenvalue weighted by atomic mass is 10.0. The van der Waals surface area contributed by atoms with Crippen molar-refractivity contribution in [1.82, 2.24) is 4.98 Å². The molecule has 0 saturated heterocycles. The number of carbonyl (C=O) groups is 1. The lowest BCUT2D eigenvalue weighted by Crippen LogP contribution is -2.19. The molecule has 4 heteroatoms. The maximum Gasteiger partial charge on any atom is 0.315 e. The fourth-order valence-electron chi connectivity index (χ4n) is 2.57. The summed E-state index contributed by atoms with van der Waals surface area (Å²) in [5.74, 6) is -0.0980. The quantitative estimate of drug-likeness (QED) is 0.879. The lowest BCUT2D eigenvalue weighted by Gasteiger charge is -2.06. The number of hydrogen-bond acceptors (Lipinski definition) is 3. The maximum atomic E-state index is 11.2. The smallest absolute Gasteiger partial charge is 0.315 e. The van der Waals surface area contributed by atoms with Gasteiger partial charge in [-0.3, -0.25) is 4.79 Å². The first-order chi connectivity index (χ1) is 7.72. The van der Waals surface area contributed by atoms with E-state index in [2.05, 4.69) is 4.98 Å². The van der Waals surface area contributed by atoms with Crippen molar-refractivity contribution in [1.29, 1.82) is 0 Å². The van der Waals surface area contributed by atoms with Crippen molar-refractivity contribution in [2.24, 2.45) is 0 Å². The van der Waals surface area contributed by atoms with Crippen LogP contribution in [0.2, 0.25) is 0 Å². The minimum atomic E-state index is -0.698. The second kappa shape index (κ2) is 3.55. The average Bonchev–Trinajstić information content (AvgIpc) is 2.75. The molecule has 1 N–H and O–H groups in total. The molecule has 2 saturated carbocycles. The van der Waals surface area contributed by atoms with Crippen molar-refractivity contribution in [3.05, 3.63) is 16.1 Å². The molecule has 1 heterocycles. The number of rotatable bonds is 3. The predicted octanol–water partition coefficient (Wildman–Crippen LogP) is 2.92. The van der Waals surface area contributed by atoms with Crippen LogP contribution < -0.4 is 0 Å². The zero-order chi connectivity index (χ0) is 11.2. The molecule has 0 amide bonds. The van der Waals surface area contributed by atoms with Gasteiger partial charge in [0, 0.05) is 11.3 Å². The number of carboxylic acids is 1. The highest BCUT2D eigenvalue weighted by Crippen LogP contribution is 2.49. The van der Waals surface area contributed by atoms with Crippen molar-refractivity contribution < 1.29 is 9.90 Å². The Morgan fingerprint density at radius 1 is 1.44 bits per heavy atom. The summed E-state index contributed by atoms with van der Waals surface area (Å²) in [6.07, 6.45) is 6.57. The first kappa shape index (κ1) is 10.3. The molecule has 0 radical (unpaired) electrons. The molecular formula is C12H15NO2S. The maximum absolute atomic E-state index is 11.2. The second-order valence-corrected chi connectivity index (χ2v) is 5.83. The van der Waals surface area contributed by atoms with E-state index in [0.29, 0.717) is 5.92 Å². The highest BCUT2D eigenvalue weighted by atomic mass is 32.1. The van der Waals surface area contributed by atoms with E-state index in [-0.39, 0.29) is 0 Å². The van der Waals surface area contributed by atoms with Crippen LogP contribution in [-0.4, -0.2) is 16.1 Å². The molecule has 2 fully saturated rings. The van der Waals surface area contributed by atoms with Crippen molar-refractivity contribution in [2.75, 3.05) is 0 Å². The summed E-state index contributed by atoms with van der Waals surface area (Å²) in [5, 5.41) is 12.3. The van der Waals surface area contributed by atoms with Gasteiger partial charge in [-0.2, -0.15) is 0 Å². The molecular weight excluding hydrogens is 222 g/mol. The van der Waals surface area contributed by atoms with Gasteiger partial charge in [-0.1, -0.05) is 12.8 Å². The first-order valence-electron chi connectivity index (χ1n) is 5.92. The minimum absolute atomic E-state index is 0.600. The molecule has 2 aliphatic rings. The largest absolute Gasteiger partial charge is 0.481 e. The summed E-state index contributed by atoms with van der Waals surface area (Å²) in [6, 6.07) is 0. The summed E-state index contributed by atoms with van der Waals surface area (Å²) in [7, 11) is 0. The van der Waals surface area contributed by atoms with Crippen molar-refractivity contribution in [3.63, 3.8) is 0 Å². The monoisotopic (exact) mass is 237 g/mol. The highest BCUT2D eigenvalue weighted by molar-refractivity contribution is 7.09.